The number of anilines is 1. The van der Waals surface area contributed by atoms with Gasteiger partial charge in [0.2, 0.25) is 11.8 Å². The molecule has 7 heteroatoms. The van der Waals surface area contributed by atoms with E-state index in [9.17, 15) is 4.79 Å². The van der Waals surface area contributed by atoms with Gasteiger partial charge < -0.3 is 15.1 Å². The molecule has 4 fully saturated rings. The molecule has 32 heavy (non-hydrogen) atoms. The van der Waals surface area contributed by atoms with Gasteiger partial charge >= 0.3 is 0 Å². The summed E-state index contributed by atoms with van der Waals surface area (Å²) in [5.74, 6) is 3.04. The second kappa shape index (κ2) is 7.66. The Morgan fingerprint density at radius 2 is 1.84 bits per heavy atom. The predicted octanol–water partition coefficient (Wildman–Crippen LogP) is 5.31. The number of thiocarbonyl (C=S) groups is 1. The Labute approximate surface area is 192 Å². The van der Waals surface area contributed by atoms with Crippen molar-refractivity contribution in [2.24, 2.45) is 23.2 Å². The van der Waals surface area contributed by atoms with Gasteiger partial charge in [-0.05, 0) is 104 Å². The number of aromatic nitrogens is 2. The second-order valence-electron chi connectivity index (χ2n) is 10.0. The fourth-order valence-corrected chi connectivity index (χ4v) is 7.03. The maximum Gasteiger partial charge on any atom is 0.228 e. The summed E-state index contributed by atoms with van der Waals surface area (Å²) in [6.45, 7) is 0. The molecule has 1 amide bonds. The van der Waals surface area contributed by atoms with Gasteiger partial charge in [0.05, 0.1) is 0 Å². The molecule has 2 N–H and O–H groups in total. The first kappa shape index (κ1) is 19.9. The van der Waals surface area contributed by atoms with E-state index in [1.807, 2.05) is 36.4 Å². The smallest absolute Gasteiger partial charge is 0.228 e. The van der Waals surface area contributed by atoms with Crippen LogP contribution < -0.4 is 10.6 Å². The minimum atomic E-state index is 0.0330. The van der Waals surface area contributed by atoms with Crippen LogP contribution in [0.2, 0.25) is 0 Å². The lowest BCUT2D eigenvalue weighted by Gasteiger charge is -2.56. The van der Waals surface area contributed by atoms with Crippen molar-refractivity contribution in [1.82, 2.24) is 15.3 Å². The molecule has 0 unspecified atom stereocenters. The maximum absolute atomic E-state index is 12.8. The summed E-state index contributed by atoms with van der Waals surface area (Å²) in [6, 6.07) is 11.3. The molecule has 6 nitrogen and oxygen atoms in total. The number of hydrogen-bond acceptors (Lipinski definition) is 5. The van der Waals surface area contributed by atoms with Crippen LogP contribution in [-0.4, -0.2) is 21.0 Å². The van der Waals surface area contributed by atoms with E-state index in [4.69, 9.17) is 16.6 Å². The van der Waals surface area contributed by atoms with Crippen molar-refractivity contribution in [3.63, 3.8) is 0 Å². The Balaban J connectivity index is 1.10. The molecule has 0 radical (unpaired) electrons. The van der Waals surface area contributed by atoms with Crippen LogP contribution in [0.25, 0.3) is 22.7 Å². The van der Waals surface area contributed by atoms with Crippen LogP contribution >= 0.6 is 12.2 Å². The highest BCUT2D eigenvalue weighted by Crippen LogP contribution is 2.61. The minimum Gasteiger partial charge on any atom is -0.434 e. The lowest BCUT2D eigenvalue weighted by atomic mass is 9.49. The molecule has 0 saturated heterocycles. The van der Waals surface area contributed by atoms with E-state index >= 15 is 0 Å². The molecule has 0 aliphatic heterocycles. The largest absolute Gasteiger partial charge is 0.434 e. The van der Waals surface area contributed by atoms with Crippen LogP contribution in [-0.2, 0) is 4.79 Å². The topological polar surface area (TPSA) is 80.0 Å². The van der Waals surface area contributed by atoms with Crippen molar-refractivity contribution in [3.05, 3.63) is 42.6 Å². The van der Waals surface area contributed by atoms with Gasteiger partial charge in [0, 0.05) is 23.9 Å². The molecule has 0 spiro atoms. The Bertz CT molecular complexity index is 1140. The molecule has 2 heterocycles. The van der Waals surface area contributed by atoms with Gasteiger partial charge in [-0.2, -0.15) is 4.98 Å². The molecule has 4 saturated carbocycles. The lowest BCUT2D eigenvalue weighted by molar-refractivity contribution is -0.127. The molecule has 4 aliphatic rings. The standard InChI is InChI=1S/C25H26N4O2S/c30-21(14-25-11-15-7-16(12-25)9-17(8-15)13-25)28-24(32)27-19-4-1-3-18(10-19)23-29-22-20(31-23)5-2-6-26-22/h1-6,10,15-17H,7-9,11-14H2,(H2,27,28,30,32). The summed E-state index contributed by atoms with van der Waals surface area (Å²) in [7, 11) is 0. The SMILES string of the molecule is O=C(CC12CC3CC(CC(C3)C1)C2)NC(=S)Nc1cccc(-c2nc3ncccc3o2)c1. The average molecular weight is 447 g/mol. The summed E-state index contributed by atoms with van der Waals surface area (Å²) >= 11 is 5.44. The number of hydrogen-bond donors (Lipinski definition) is 2. The molecule has 4 bridgehead atoms. The van der Waals surface area contributed by atoms with Crippen molar-refractivity contribution >= 4 is 40.2 Å². The van der Waals surface area contributed by atoms with Crippen LogP contribution in [0.5, 0.6) is 0 Å². The number of amides is 1. The van der Waals surface area contributed by atoms with Crippen LogP contribution in [0.3, 0.4) is 0 Å². The fourth-order valence-electron chi connectivity index (χ4n) is 6.80. The van der Waals surface area contributed by atoms with Crippen molar-refractivity contribution in [2.75, 3.05) is 5.32 Å². The maximum atomic E-state index is 12.8. The van der Waals surface area contributed by atoms with E-state index in [2.05, 4.69) is 20.6 Å². The van der Waals surface area contributed by atoms with Crippen LogP contribution in [0.4, 0.5) is 5.69 Å². The zero-order chi connectivity index (χ0) is 21.7. The highest BCUT2D eigenvalue weighted by Gasteiger charge is 2.51. The molecule has 3 aromatic rings. The van der Waals surface area contributed by atoms with Crippen molar-refractivity contribution in [1.29, 1.82) is 0 Å². The van der Waals surface area contributed by atoms with Gasteiger partial charge in [-0.15, -0.1) is 0 Å². The average Bonchev–Trinajstić information content (AvgIpc) is 3.16. The number of carbonyl (C=O) groups is 1. The van der Waals surface area contributed by atoms with E-state index in [-0.39, 0.29) is 11.3 Å². The minimum absolute atomic E-state index is 0.0330. The third-order valence-corrected chi connectivity index (χ3v) is 7.69. The predicted molar refractivity (Wildman–Crippen MR) is 127 cm³/mol. The fraction of sp³-hybridized carbons (Fsp3) is 0.440. The first-order chi connectivity index (χ1) is 15.5. The summed E-state index contributed by atoms with van der Waals surface area (Å²) < 4.78 is 5.81. The third-order valence-electron chi connectivity index (χ3n) is 7.49. The third kappa shape index (κ3) is 3.79. The number of oxazole rings is 1. The van der Waals surface area contributed by atoms with Gasteiger partial charge in [-0.3, -0.25) is 4.79 Å². The van der Waals surface area contributed by atoms with Crippen molar-refractivity contribution in [2.45, 2.75) is 44.9 Å². The Hall–Kier alpha value is -2.80. The zero-order valence-corrected chi connectivity index (χ0v) is 18.7. The Kier molecular flexibility index (Phi) is 4.75. The van der Waals surface area contributed by atoms with E-state index < -0.39 is 0 Å². The molecule has 7 rings (SSSR count). The van der Waals surface area contributed by atoms with Gasteiger partial charge in [-0.25, -0.2) is 4.98 Å². The number of carbonyl (C=O) groups excluding carboxylic acids is 1. The quantitative estimate of drug-likeness (QED) is 0.529. The van der Waals surface area contributed by atoms with E-state index in [1.54, 1.807) is 6.20 Å². The van der Waals surface area contributed by atoms with Crippen LogP contribution in [0, 0.1) is 23.2 Å². The summed E-state index contributed by atoms with van der Waals surface area (Å²) in [4.78, 5) is 21.5. The summed E-state index contributed by atoms with van der Waals surface area (Å²) in [6.07, 6.45) is 10.1. The monoisotopic (exact) mass is 446 g/mol. The first-order valence-corrected chi connectivity index (χ1v) is 11.9. The summed E-state index contributed by atoms with van der Waals surface area (Å²) in [5.41, 5.74) is 3.02. The van der Waals surface area contributed by atoms with E-state index in [1.165, 1.54) is 38.5 Å². The van der Waals surface area contributed by atoms with Gasteiger partial charge in [-0.1, -0.05) is 6.07 Å². The highest BCUT2D eigenvalue weighted by atomic mass is 32.1. The normalized spacial score (nSPS) is 28.1. The molecule has 0 atom stereocenters. The second-order valence-corrected chi connectivity index (χ2v) is 10.4. The number of nitrogens with one attached hydrogen (secondary N) is 2. The van der Waals surface area contributed by atoms with Crippen LogP contribution in [0.1, 0.15) is 44.9 Å². The number of nitrogens with zero attached hydrogens (tertiary/aromatic N) is 2. The number of rotatable bonds is 4. The molecule has 1 aromatic carbocycles. The van der Waals surface area contributed by atoms with Gasteiger partial charge in [0.15, 0.2) is 16.3 Å². The Morgan fingerprint density at radius 3 is 2.56 bits per heavy atom. The summed E-state index contributed by atoms with van der Waals surface area (Å²) in [5, 5.41) is 6.39. The number of fused-ring (bicyclic) bond motifs is 1. The molecule has 4 aliphatic carbocycles. The van der Waals surface area contributed by atoms with Gasteiger partial charge in [0.25, 0.3) is 0 Å². The van der Waals surface area contributed by atoms with E-state index in [0.29, 0.717) is 28.7 Å². The lowest BCUT2D eigenvalue weighted by Crippen LogP contribution is -2.48. The number of benzene rings is 1. The number of pyridine rings is 1. The highest BCUT2D eigenvalue weighted by molar-refractivity contribution is 7.80. The van der Waals surface area contributed by atoms with Crippen LogP contribution in [0.15, 0.2) is 47.0 Å². The zero-order valence-electron chi connectivity index (χ0n) is 17.8. The molecule has 2 aromatic heterocycles. The van der Waals surface area contributed by atoms with Gasteiger partial charge in [0.1, 0.15) is 0 Å². The van der Waals surface area contributed by atoms with E-state index in [0.717, 1.165) is 29.0 Å². The molecular formula is C25H26N4O2S. The first-order valence-electron chi connectivity index (χ1n) is 11.5. The molecule has 164 valence electrons. The van der Waals surface area contributed by atoms with Crippen molar-refractivity contribution in [3.8, 4) is 11.5 Å². The Morgan fingerprint density at radius 1 is 1.09 bits per heavy atom. The van der Waals surface area contributed by atoms with Crippen molar-refractivity contribution < 1.29 is 9.21 Å². The molecular weight excluding hydrogens is 420 g/mol.